The Morgan fingerprint density at radius 2 is 2.15 bits per heavy atom. The molecule has 0 amide bonds. The van der Waals surface area contributed by atoms with Gasteiger partial charge in [-0.2, -0.15) is 0 Å². The first-order valence-electron chi connectivity index (χ1n) is 6.31. The first-order chi connectivity index (χ1) is 9.67. The van der Waals surface area contributed by atoms with E-state index in [1.165, 1.54) is 0 Å². The zero-order chi connectivity index (χ0) is 14.3. The fourth-order valence-electron chi connectivity index (χ4n) is 2.40. The fraction of sp³-hybridized carbons (Fsp3) is 0.267. The average Bonchev–Trinajstić information content (AvgIpc) is 3.01. The maximum absolute atomic E-state index is 11.9. The molecule has 1 aromatic carbocycles. The highest BCUT2D eigenvalue weighted by molar-refractivity contribution is 6.06. The molecule has 0 aliphatic rings. The van der Waals surface area contributed by atoms with Gasteiger partial charge in [0.05, 0.1) is 30.8 Å². The lowest BCUT2D eigenvalue weighted by Gasteiger charge is -2.03. The highest BCUT2D eigenvalue weighted by atomic mass is 16.5. The number of carbonyl (C=O) groups is 1. The summed E-state index contributed by atoms with van der Waals surface area (Å²) in [6, 6.07) is 3.58. The van der Waals surface area contributed by atoms with Crippen LogP contribution in [-0.4, -0.2) is 19.7 Å². The van der Waals surface area contributed by atoms with E-state index in [-0.39, 0.29) is 5.76 Å². The van der Waals surface area contributed by atoms with Crippen molar-refractivity contribution in [1.82, 2.24) is 0 Å². The number of ether oxygens (including phenoxy) is 2. The Bertz CT molecular complexity index is 793. The second kappa shape index (κ2) is 4.59. The summed E-state index contributed by atoms with van der Waals surface area (Å²) < 4.78 is 21.4. The summed E-state index contributed by atoms with van der Waals surface area (Å²) in [7, 11) is 1.58. The first kappa shape index (κ1) is 12.6. The molecule has 0 saturated carbocycles. The van der Waals surface area contributed by atoms with Gasteiger partial charge in [0.15, 0.2) is 0 Å². The van der Waals surface area contributed by atoms with Gasteiger partial charge in [0.1, 0.15) is 16.9 Å². The summed E-state index contributed by atoms with van der Waals surface area (Å²) >= 11 is 0. The van der Waals surface area contributed by atoms with Crippen LogP contribution >= 0.6 is 0 Å². The molecule has 104 valence electrons. The van der Waals surface area contributed by atoms with Crippen LogP contribution in [-0.2, 0) is 4.74 Å². The van der Waals surface area contributed by atoms with Crippen LogP contribution < -0.4 is 4.74 Å². The van der Waals surface area contributed by atoms with Crippen LogP contribution in [0.5, 0.6) is 5.75 Å². The number of aryl methyl sites for hydroxylation is 1. The molecule has 2 heterocycles. The third-order valence-electron chi connectivity index (χ3n) is 3.27. The summed E-state index contributed by atoms with van der Waals surface area (Å²) in [5.41, 5.74) is 1.90. The van der Waals surface area contributed by atoms with E-state index < -0.39 is 5.97 Å². The molecular weight excluding hydrogens is 260 g/mol. The van der Waals surface area contributed by atoms with E-state index in [4.69, 9.17) is 18.3 Å². The van der Waals surface area contributed by atoms with Crippen LogP contribution in [0.15, 0.2) is 27.2 Å². The highest BCUT2D eigenvalue weighted by Gasteiger charge is 2.23. The molecule has 0 atom stereocenters. The van der Waals surface area contributed by atoms with E-state index in [0.29, 0.717) is 29.1 Å². The van der Waals surface area contributed by atoms with Crippen molar-refractivity contribution in [3.8, 4) is 5.75 Å². The third-order valence-corrected chi connectivity index (χ3v) is 3.27. The van der Waals surface area contributed by atoms with Gasteiger partial charge >= 0.3 is 5.97 Å². The normalized spacial score (nSPS) is 11.2. The van der Waals surface area contributed by atoms with Crippen LogP contribution in [0.3, 0.4) is 0 Å². The lowest BCUT2D eigenvalue weighted by Crippen LogP contribution is -2.04. The Morgan fingerprint density at radius 1 is 1.35 bits per heavy atom. The molecule has 3 rings (SSSR count). The predicted octanol–water partition coefficient (Wildman–Crippen LogP) is 3.67. The Kier molecular flexibility index (Phi) is 2.89. The van der Waals surface area contributed by atoms with Gasteiger partial charge in [0.2, 0.25) is 5.76 Å². The maximum Gasteiger partial charge on any atom is 0.374 e. The van der Waals surface area contributed by atoms with Gasteiger partial charge in [-0.25, -0.2) is 4.79 Å². The summed E-state index contributed by atoms with van der Waals surface area (Å²) in [5, 5.41) is 1.61. The monoisotopic (exact) mass is 274 g/mol. The highest BCUT2D eigenvalue weighted by Crippen LogP contribution is 2.39. The Balaban J connectivity index is 2.33. The molecule has 0 bridgehead atoms. The van der Waals surface area contributed by atoms with Crippen molar-refractivity contribution in [3.05, 3.63) is 29.7 Å². The number of rotatable bonds is 3. The van der Waals surface area contributed by atoms with Gasteiger partial charge in [-0.3, -0.25) is 0 Å². The molecule has 0 fully saturated rings. The van der Waals surface area contributed by atoms with Crippen LogP contribution in [0.25, 0.3) is 21.9 Å². The number of carbonyl (C=O) groups excluding carboxylic acids is 1. The van der Waals surface area contributed by atoms with Gasteiger partial charge < -0.3 is 18.3 Å². The SMILES string of the molecule is CCOC(=O)c1oc2cc3occc3c(OC)c2c1C. The lowest BCUT2D eigenvalue weighted by atomic mass is 10.1. The minimum absolute atomic E-state index is 0.202. The number of esters is 1. The molecule has 5 heteroatoms. The minimum atomic E-state index is -0.472. The van der Waals surface area contributed by atoms with Gasteiger partial charge in [-0.05, 0) is 19.9 Å². The minimum Gasteiger partial charge on any atom is -0.495 e. The van der Waals surface area contributed by atoms with Crippen LogP contribution in [0.4, 0.5) is 0 Å². The zero-order valence-corrected chi connectivity index (χ0v) is 11.5. The van der Waals surface area contributed by atoms with Crippen molar-refractivity contribution in [2.24, 2.45) is 0 Å². The molecular formula is C15H14O5. The Labute approximate surface area is 115 Å². The van der Waals surface area contributed by atoms with Crippen molar-refractivity contribution in [2.75, 3.05) is 13.7 Å². The number of methoxy groups -OCH3 is 1. The fourth-order valence-corrected chi connectivity index (χ4v) is 2.40. The Hall–Kier alpha value is -2.43. The Morgan fingerprint density at radius 3 is 2.85 bits per heavy atom. The second-order valence-electron chi connectivity index (χ2n) is 4.39. The topological polar surface area (TPSA) is 61.8 Å². The van der Waals surface area contributed by atoms with Gasteiger partial charge in [0.25, 0.3) is 0 Å². The quantitative estimate of drug-likeness (QED) is 0.682. The van der Waals surface area contributed by atoms with Crippen molar-refractivity contribution < 1.29 is 23.1 Å². The second-order valence-corrected chi connectivity index (χ2v) is 4.39. The van der Waals surface area contributed by atoms with Crippen LogP contribution in [0.2, 0.25) is 0 Å². The van der Waals surface area contributed by atoms with E-state index in [2.05, 4.69) is 0 Å². The van der Waals surface area contributed by atoms with Crippen molar-refractivity contribution in [3.63, 3.8) is 0 Å². The summed E-state index contributed by atoms with van der Waals surface area (Å²) in [4.78, 5) is 11.9. The molecule has 0 saturated heterocycles. The molecule has 0 N–H and O–H groups in total. The van der Waals surface area contributed by atoms with E-state index in [1.807, 2.05) is 13.0 Å². The molecule has 20 heavy (non-hydrogen) atoms. The molecule has 0 radical (unpaired) electrons. The summed E-state index contributed by atoms with van der Waals surface area (Å²) in [5.74, 6) is 0.371. The molecule has 5 nitrogen and oxygen atoms in total. The standard InChI is InChI=1S/C15H14O5/c1-4-18-15(16)13-8(2)12-11(20-13)7-10-9(5-6-19-10)14(12)17-3/h5-7H,4H2,1-3H3. The smallest absolute Gasteiger partial charge is 0.374 e. The number of fused-ring (bicyclic) bond motifs is 2. The van der Waals surface area contributed by atoms with Crippen molar-refractivity contribution in [2.45, 2.75) is 13.8 Å². The van der Waals surface area contributed by atoms with Gasteiger partial charge in [-0.1, -0.05) is 0 Å². The maximum atomic E-state index is 11.9. The number of hydrogen-bond acceptors (Lipinski definition) is 5. The van der Waals surface area contributed by atoms with Crippen LogP contribution in [0, 0.1) is 6.92 Å². The van der Waals surface area contributed by atoms with E-state index in [0.717, 1.165) is 10.8 Å². The lowest BCUT2D eigenvalue weighted by molar-refractivity contribution is 0.0491. The largest absolute Gasteiger partial charge is 0.495 e. The number of furan rings is 2. The van der Waals surface area contributed by atoms with Gasteiger partial charge in [-0.15, -0.1) is 0 Å². The van der Waals surface area contributed by atoms with Crippen molar-refractivity contribution in [1.29, 1.82) is 0 Å². The summed E-state index contributed by atoms with van der Waals surface area (Å²) in [6.45, 7) is 3.87. The van der Waals surface area contributed by atoms with Crippen molar-refractivity contribution >= 4 is 27.9 Å². The number of hydrogen-bond donors (Lipinski definition) is 0. The summed E-state index contributed by atoms with van der Waals surface area (Å²) in [6.07, 6.45) is 1.59. The van der Waals surface area contributed by atoms with Gasteiger partial charge in [0, 0.05) is 11.6 Å². The number of benzene rings is 1. The molecule has 2 aromatic heterocycles. The molecule has 0 spiro atoms. The van der Waals surface area contributed by atoms with E-state index in [9.17, 15) is 4.79 Å². The molecule has 0 aliphatic heterocycles. The van der Waals surface area contributed by atoms with Crippen LogP contribution in [0.1, 0.15) is 23.0 Å². The first-order valence-corrected chi connectivity index (χ1v) is 6.31. The van der Waals surface area contributed by atoms with E-state index >= 15 is 0 Å². The average molecular weight is 274 g/mol. The third kappa shape index (κ3) is 1.66. The predicted molar refractivity (Wildman–Crippen MR) is 73.2 cm³/mol. The molecule has 3 aromatic rings. The molecule has 0 unspecified atom stereocenters. The van der Waals surface area contributed by atoms with E-state index in [1.54, 1.807) is 26.4 Å². The molecule has 0 aliphatic carbocycles. The zero-order valence-electron chi connectivity index (χ0n) is 11.5.